The van der Waals surface area contributed by atoms with Crippen molar-refractivity contribution in [3.05, 3.63) is 84.6 Å². The Morgan fingerprint density at radius 3 is 2.16 bits per heavy atom. The highest BCUT2D eigenvalue weighted by Crippen LogP contribution is 2.25. The fourth-order valence-corrected chi connectivity index (χ4v) is 4.01. The average molecular weight is 601 g/mol. The van der Waals surface area contributed by atoms with E-state index in [1.165, 1.54) is 6.92 Å². The number of aromatic nitrogens is 1. The molecule has 3 aromatic rings. The molecule has 0 radical (unpaired) electrons. The second kappa shape index (κ2) is 15.4. The SMILES string of the molecule is CC(O)[C@@H](NC(=O)CCCNc1ccccn1)C(=O)NC(CC(=O)OC(=O)C(F)(F)F)c1ccc(-c2ccccc2)cc1. The van der Waals surface area contributed by atoms with E-state index in [0.29, 0.717) is 24.3 Å². The van der Waals surface area contributed by atoms with Gasteiger partial charge in [-0.25, -0.2) is 9.78 Å². The molecule has 0 spiro atoms. The molecule has 2 aromatic carbocycles. The third kappa shape index (κ3) is 10.5. The summed E-state index contributed by atoms with van der Waals surface area (Å²) >= 11 is 0. The molecular formula is C30H31F3N4O6. The lowest BCUT2D eigenvalue weighted by Gasteiger charge is -2.25. The molecule has 10 nitrogen and oxygen atoms in total. The van der Waals surface area contributed by atoms with Crippen LogP contribution in [0.4, 0.5) is 19.0 Å². The smallest absolute Gasteiger partial charge is 0.391 e. The van der Waals surface area contributed by atoms with Crippen molar-refractivity contribution in [2.24, 2.45) is 0 Å². The van der Waals surface area contributed by atoms with Crippen molar-refractivity contribution in [1.82, 2.24) is 15.6 Å². The van der Waals surface area contributed by atoms with Gasteiger partial charge >= 0.3 is 18.1 Å². The van der Waals surface area contributed by atoms with Gasteiger partial charge in [-0.1, -0.05) is 60.7 Å². The first kappa shape index (κ1) is 32.7. The monoisotopic (exact) mass is 600 g/mol. The van der Waals surface area contributed by atoms with Gasteiger partial charge in [0, 0.05) is 19.2 Å². The van der Waals surface area contributed by atoms with Crippen molar-refractivity contribution in [3.63, 3.8) is 0 Å². The molecule has 0 aliphatic heterocycles. The second-order valence-electron chi connectivity index (χ2n) is 9.54. The largest absolute Gasteiger partial charge is 0.491 e. The lowest BCUT2D eigenvalue weighted by molar-refractivity contribution is -0.202. The van der Waals surface area contributed by atoms with E-state index in [4.69, 9.17) is 0 Å². The maximum absolute atomic E-state index is 13.2. The number of alkyl halides is 3. The summed E-state index contributed by atoms with van der Waals surface area (Å²) in [5, 5.41) is 18.2. The molecule has 13 heteroatoms. The summed E-state index contributed by atoms with van der Waals surface area (Å²) in [7, 11) is 0. The van der Waals surface area contributed by atoms with Crippen molar-refractivity contribution in [1.29, 1.82) is 0 Å². The van der Waals surface area contributed by atoms with Crippen LogP contribution in [-0.2, 0) is 23.9 Å². The molecule has 228 valence electrons. The highest BCUT2D eigenvalue weighted by molar-refractivity contribution is 5.90. The fourth-order valence-electron chi connectivity index (χ4n) is 4.01. The maximum Gasteiger partial charge on any atom is 0.491 e. The summed E-state index contributed by atoms with van der Waals surface area (Å²) in [4.78, 5) is 53.2. The van der Waals surface area contributed by atoms with Crippen LogP contribution in [0.3, 0.4) is 0 Å². The molecule has 0 saturated carbocycles. The number of benzene rings is 2. The van der Waals surface area contributed by atoms with Gasteiger partial charge < -0.3 is 25.8 Å². The van der Waals surface area contributed by atoms with Crippen LogP contribution in [0.1, 0.15) is 37.8 Å². The summed E-state index contributed by atoms with van der Waals surface area (Å²) in [6, 6.07) is 18.3. The molecule has 2 unspecified atom stereocenters. The van der Waals surface area contributed by atoms with E-state index in [-0.39, 0.29) is 6.42 Å². The van der Waals surface area contributed by atoms with Crippen molar-refractivity contribution >= 4 is 29.6 Å². The molecule has 2 amide bonds. The number of hydrogen-bond donors (Lipinski definition) is 4. The van der Waals surface area contributed by atoms with Crippen LogP contribution in [0.5, 0.6) is 0 Å². The molecule has 1 heterocycles. The minimum atomic E-state index is -5.39. The van der Waals surface area contributed by atoms with Crippen LogP contribution in [0.25, 0.3) is 11.1 Å². The lowest BCUT2D eigenvalue weighted by Crippen LogP contribution is -2.53. The Kier molecular flexibility index (Phi) is 11.8. The summed E-state index contributed by atoms with van der Waals surface area (Å²) in [5.74, 6) is -5.03. The normalized spacial score (nSPS) is 13.2. The highest BCUT2D eigenvalue weighted by Gasteiger charge is 2.42. The van der Waals surface area contributed by atoms with Gasteiger partial charge in [-0.3, -0.25) is 14.4 Å². The number of carbonyl (C=O) groups excluding carboxylic acids is 4. The topological polar surface area (TPSA) is 147 Å². The van der Waals surface area contributed by atoms with Gasteiger partial charge in [0.1, 0.15) is 11.9 Å². The maximum atomic E-state index is 13.2. The Bertz CT molecular complexity index is 1370. The molecule has 3 rings (SSSR count). The van der Waals surface area contributed by atoms with Gasteiger partial charge in [-0.15, -0.1) is 0 Å². The molecule has 43 heavy (non-hydrogen) atoms. The number of aliphatic hydroxyl groups is 1. The number of anilines is 1. The van der Waals surface area contributed by atoms with Gasteiger partial charge in [0.2, 0.25) is 11.8 Å². The van der Waals surface area contributed by atoms with Crippen molar-refractivity contribution < 1.29 is 42.2 Å². The third-order valence-electron chi connectivity index (χ3n) is 6.18. The predicted molar refractivity (Wildman–Crippen MR) is 150 cm³/mol. The molecule has 0 aliphatic carbocycles. The van der Waals surface area contributed by atoms with Gasteiger partial charge in [0.05, 0.1) is 18.6 Å². The van der Waals surface area contributed by atoms with Crippen LogP contribution in [0, 0.1) is 0 Å². The van der Waals surface area contributed by atoms with Crippen LogP contribution >= 0.6 is 0 Å². The standard InChI is InChI=1S/C30H31F3N4O6/c1-19(38)27(37-25(39)11-7-17-35-24-10-5-6-16-34-24)28(41)36-23(18-26(40)43-29(42)30(31,32)33)22-14-12-21(13-15-22)20-8-3-2-4-9-20/h2-6,8-10,12-16,19,23,27,38H,7,11,17-18H2,1H3,(H,34,35)(H,36,41)(H,37,39)/t19?,23?,27-/m1/s1. The molecule has 0 bridgehead atoms. The first-order valence-corrected chi connectivity index (χ1v) is 13.3. The summed E-state index contributed by atoms with van der Waals surface area (Å²) < 4.78 is 41.8. The third-order valence-corrected chi connectivity index (χ3v) is 6.18. The number of aliphatic hydroxyl groups excluding tert-OH is 1. The predicted octanol–water partition coefficient (Wildman–Crippen LogP) is 3.69. The van der Waals surface area contributed by atoms with E-state index < -0.39 is 54.5 Å². The number of nitrogens with zero attached hydrogens (tertiary/aromatic N) is 1. The Balaban J connectivity index is 1.69. The number of pyridine rings is 1. The van der Waals surface area contributed by atoms with Crippen molar-refractivity contribution in [2.75, 3.05) is 11.9 Å². The molecule has 4 N–H and O–H groups in total. The van der Waals surface area contributed by atoms with Gasteiger partial charge in [0.25, 0.3) is 0 Å². The van der Waals surface area contributed by atoms with Crippen LogP contribution < -0.4 is 16.0 Å². The zero-order valence-corrected chi connectivity index (χ0v) is 23.1. The van der Waals surface area contributed by atoms with E-state index in [9.17, 15) is 37.5 Å². The van der Waals surface area contributed by atoms with E-state index in [0.717, 1.165) is 11.1 Å². The van der Waals surface area contributed by atoms with Crippen molar-refractivity contribution in [3.8, 4) is 11.1 Å². The molecular weight excluding hydrogens is 569 g/mol. The summed E-state index contributed by atoms with van der Waals surface area (Å²) in [6.45, 7) is 1.68. The number of ether oxygens (including phenoxy) is 1. The summed E-state index contributed by atoms with van der Waals surface area (Å²) in [6.07, 6.45) is -5.59. The minimum Gasteiger partial charge on any atom is -0.391 e. The van der Waals surface area contributed by atoms with Crippen LogP contribution in [0.2, 0.25) is 0 Å². The number of carbonyl (C=O) groups is 4. The number of rotatable bonds is 13. The number of amides is 2. The van der Waals surface area contributed by atoms with E-state index >= 15 is 0 Å². The van der Waals surface area contributed by atoms with E-state index in [2.05, 4.69) is 25.7 Å². The van der Waals surface area contributed by atoms with Gasteiger partial charge in [-0.05, 0) is 42.2 Å². The van der Waals surface area contributed by atoms with Gasteiger partial charge in [-0.2, -0.15) is 13.2 Å². The Labute approximate surface area is 245 Å². The zero-order valence-electron chi connectivity index (χ0n) is 23.1. The number of esters is 2. The number of halogens is 3. The number of hydrogen-bond acceptors (Lipinski definition) is 8. The first-order valence-electron chi connectivity index (χ1n) is 13.3. The molecule has 0 aliphatic rings. The fraction of sp³-hybridized carbons (Fsp3) is 0.300. The van der Waals surface area contributed by atoms with Crippen molar-refractivity contribution in [2.45, 2.75) is 50.6 Å². The lowest BCUT2D eigenvalue weighted by atomic mass is 9.98. The molecule has 0 saturated heterocycles. The van der Waals surface area contributed by atoms with E-state index in [1.54, 1.807) is 48.7 Å². The Hall–Kier alpha value is -4.78. The number of nitrogens with one attached hydrogen (secondary N) is 3. The minimum absolute atomic E-state index is 0.00654. The zero-order chi connectivity index (χ0) is 31.4. The van der Waals surface area contributed by atoms with Crippen LogP contribution in [0.15, 0.2) is 79.0 Å². The van der Waals surface area contributed by atoms with Gasteiger partial charge in [0.15, 0.2) is 0 Å². The summed E-state index contributed by atoms with van der Waals surface area (Å²) in [5.41, 5.74) is 1.97. The molecule has 0 fully saturated rings. The average Bonchev–Trinajstić information content (AvgIpc) is 2.98. The van der Waals surface area contributed by atoms with Crippen LogP contribution in [-0.4, -0.2) is 58.7 Å². The van der Waals surface area contributed by atoms with E-state index in [1.807, 2.05) is 30.3 Å². The molecule has 1 aromatic heterocycles. The highest BCUT2D eigenvalue weighted by atomic mass is 19.4. The molecule has 3 atom stereocenters. The second-order valence-corrected chi connectivity index (χ2v) is 9.54. The Morgan fingerprint density at radius 1 is 0.907 bits per heavy atom. The Morgan fingerprint density at radius 2 is 1.56 bits per heavy atom. The quantitative estimate of drug-likeness (QED) is 0.132. The first-order chi connectivity index (χ1) is 20.4.